The number of likely N-dealkylation sites (tertiary alicyclic amines) is 1. The quantitative estimate of drug-likeness (QED) is 0.399. The van der Waals surface area contributed by atoms with Gasteiger partial charge in [-0.1, -0.05) is 56.3 Å². The molecule has 1 heterocycles. The van der Waals surface area contributed by atoms with Crippen LogP contribution in [0.2, 0.25) is 0 Å². The number of rotatable bonds is 8. The third-order valence-electron chi connectivity index (χ3n) is 5.13. The van der Waals surface area contributed by atoms with E-state index in [0.29, 0.717) is 36.9 Å². The normalized spacial score (nSPS) is 18.3. The number of carbonyl (C=O) groups excluding carboxylic acids is 2. The van der Waals surface area contributed by atoms with Gasteiger partial charge in [-0.2, -0.15) is 0 Å². The summed E-state index contributed by atoms with van der Waals surface area (Å²) in [5, 5.41) is 11.2. The van der Waals surface area contributed by atoms with E-state index in [9.17, 15) is 14.7 Å². The fourth-order valence-corrected chi connectivity index (χ4v) is 3.55. The first-order chi connectivity index (χ1) is 14.8. The SMILES string of the molecule is CC(C)COc1cccc(/C(O)=C2/C(=O)C(=O)N(CCN(C)C)C2c2ccccc2)c1. The van der Waals surface area contributed by atoms with Crippen LogP contribution in [0.25, 0.3) is 5.76 Å². The molecule has 0 radical (unpaired) electrons. The standard InChI is InChI=1S/C25H30N2O4/c1-17(2)16-31-20-12-8-11-19(15-20)23(28)21-22(18-9-6-5-7-10-18)27(14-13-26(3)4)25(30)24(21)29/h5-12,15,17,22,28H,13-14,16H2,1-4H3/b23-21-. The smallest absolute Gasteiger partial charge is 0.295 e. The molecule has 0 spiro atoms. The maximum atomic E-state index is 13.0. The molecule has 1 fully saturated rings. The lowest BCUT2D eigenvalue weighted by atomic mass is 9.95. The topological polar surface area (TPSA) is 70.1 Å². The van der Waals surface area contributed by atoms with E-state index >= 15 is 0 Å². The number of aliphatic hydroxyl groups is 1. The third kappa shape index (κ3) is 5.14. The van der Waals surface area contributed by atoms with Crippen molar-refractivity contribution in [2.45, 2.75) is 19.9 Å². The number of ketones is 1. The first-order valence-corrected chi connectivity index (χ1v) is 10.5. The van der Waals surface area contributed by atoms with Gasteiger partial charge in [0.1, 0.15) is 11.5 Å². The summed E-state index contributed by atoms with van der Waals surface area (Å²) in [6.07, 6.45) is 0. The van der Waals surface area contributed by atoms with Crippen molar-refractivity contribution in [3.05, 3.63) is 71.3 Å². The average Bonchev–Trinajstić information content (AvgIpc) is 3.01. The summed E-state index contributed by atoms with van der Waals surface area (Å²) in [5.74, 6) is -0.481. The summed E-state index contributed by atoms with van der Waals surface area (Å²) < 4.78 is 5.76. The predicted molar refractivity (Wildman–Crippen MR) is 121 cm³/mol. The van der Waals surface area contributed by atoms with Gasteiger partial charge in [-0.3, -0.25) is 9.59 Å². The molecule has 6 heteroatoms. The number of benzene rings is 2. The highest BCUT2D eigenvalue weighted by molar-refractivity contribution is 6.46. The van der Waals surface area contributed by atoms with E-state index in [1.165, 1.54) is 0 Å². The minimum absolute atomic E-state index is 0.107. The zero-order chi connectivity index (χ0) is 22.5. The Kier molecular flexibility index (Phi) is 7.13. The van der Waals surface area contributed by atoms with Crippen molar-refractivity contribution in [3.8, 4) is 5.75 Å². The lowest BCUT2D eigenvalue weighted by Gasteiger charge is -2.26. The molecule has 0 aliphatic carbocycles. The minimum Gasteiger partial charge on any atom is -0.507 e. The molecule has 0 bridgehead atoms. The largest absolute Gasteiger partial charge is 0.507 e. The molecule has 2 aromatic rings. The van der Waals surface area contributed by atoms with Crippen LogP contribution in [-0.2, 0) is 9.59 Å². The monoisotopic (exact) mass is 422 g/mol. The third-order valence-corrected chi connectivity index (χ3v) is 5.13. The maximum Gasteiger partial charge on any atom is 0.295 e. The lowest BCUT2D eigenvalue weighted by Crippen LogP contribution is -2.35. The molecule has 1 aliphatic rings. The fourth-order valence-electron chi connectivity index (χ4n) is 3.55. The van der Waals surface area contributed by atoms with Crippen LogP contribution in [0, 0.1) is 5.92 Å². The van der Waals surface area contributed by atoms with E-state index in [0.717, 1.165) is 5.56 Å². The van der Waals surface area contributed by atoms with Crippen molar-refractivity contribution in [3.63, 3.8) is 0 Å². The van der Waals surface area contributed by atoms with Crippen LogP contribution in [0.3, 0.4) is 0 Å². The molecular formula is C25H30N2O4. The molecule has 1 aliphatic heterocycles. The van der Waals surface area contributed by atoms with Crippen molar-refractivity contribution in [1.82, 2.24) is 9.80 Å². The first-order valence-electron chi connectivity index (χ1n) is 10.5. The second-order valence-electron chi connectivity index (χ2n) is 8.44. The van der Waals surface area contributed by atoms with Crippen LogP contribution in [-0.4, -0.2) is 60.4 Å². The summed E-state index contributed by atoms with van der Waals surface area (Å²) in [5.41, 5.74) is 1.35. The van der Waals surface area contributed by atoms with Gasteiger partial charge in [0.2, 0.25) is 0 Å². The second kappa shape index (κ2) is 9.79. The molecule has 3 rings (SSSR count). The van der Waals surface area contributed by atoms with Crippen LogP contribution >= 0.6 is 0 Å². The molecule has 164 valence electrons. The van der Waals surface area contributed by atoms with Crippen LogP contribution in [0.1, 0.15) is 31.0 Å². The first kappa shape index (κ1) is 22.6. The van der Waals surface area contributed by atoms with Gasteiger partial charge in [0.25, 0.3) is 11.7 Å². The highest BCUT2D eigenvalue weighted by Crippen LogP contribution is 2.39. The Morgan fingerprint density at radius 2 is 1.81 bits per heavy atom. The zero-order valence-electron chi connectivity index (χ0n) is 18.5. The van der Waals surface area contributed by atoms with E-state index in [2.05, 4.69) is 13.8 Å². The second-order valence-corrected chi connectivity index (χ2v) is 8.44. The number of hydrogen-bond acceptors (Lipinski definition) is 5. The highest BCUT2D eigenvalue weighted by Gasteiger charge is 2.45. The molecule has 1 atom stereocenters. The van der Waals surface area contributed by atoms with Crippen LogP contribution < -0.4 is 4.74 Å². The zero-order valence-corrected chi connectivity index (χ0v) is 18.5. The van der Waals surface area contributed by atoms with Crippen molar-refractivity contribution < 1.29 is 19.4 Å². The van der Waals surface area contributed by atoms with Crippen LogP contribution in [0.5, 0.6) is 5.75 Å². The Labute approximate surface area is 183 Å². The van der Waals surface area contributed by atoms with E-state index in [1.807, 2.05) is 55.4 Å². The summed E-state index contributed by atoms with van der Waals surface area (Å²) in [6, 6.07) is 15.7. The predicted octanol–water partition coefficient (Wildman–Crippen LogP) is 3.70. The van der Waals surface area contributed by atoms with Gasteiger partial charge in [0.15, 0.2) is 0 Å². The molecule has 31 heavy (non-hydrogen) atoms. The van der Waals surface area contributed by atoms with Gasteiger partial charge in [-0.05, 0) is 37.7 Å². The summed E-state index contributed by atoms with van der Waals surface area (Å²) in [6.45, 7) is 5.64. The van der Waals surface area contributed by atoms with Gasteiger partial charge in [0.05, 0.1) is 18.2 Å². The Hall–Kier alpha value is -3.12. The van der Waals surface area contributed by atoms with Gasteiger partial charge in [-0.15, -0.1) is 0 Å². The summed E-state index contributed by atoms with van der Waals surface area (Å²) in [4.78, 5) is 29.4. The molecule has 2 aromatic carbocycles. The number of amides is 1. The number of carbonyl (C=O) groups is 2. The Morgan fingerprint density at radius 1 is 1.10 bits per heavy atom. The van der Waals surface area contributed by atoms with E-state index in [4.69, 9.17) is 4.74 Å². The summed E-state index contributed by atoms with van der Waals surface area (Å²) >= 11 is 0. The number of nitrogens with zero attached hydrogens (tertiary/aromatic N) is 2. The average molecular weight is 423 g/mol. The number of ether oxygens (including phenoxy) is 1. The Morgan fingerprint density at radius 3 is 2.45 bits per heavy atom. The van der Waals surface area contributed by atoms with Crippen LogP contribution in [0.4, 0.5) is 0 Å². The number of hydrogen-bond donors (Lipinski definition) is 1. The highest BCUT2D eigenvalue weighted by atomic mass is 16.5. The van der Waals surface area contributed by atoms with Gasteiger partial charge < -0.3 is 19.6 Å². The minimum atomic E-state index is -0.668. The van der Waals surface area contributed by atoms with E-state index in [-0.39, 0.29) is 11.3 Å². The number of Topliss-reactive ketones (excluding diaryl/α,β-unsaturated/α-hetero) is 1. The van der Waals surface area contributed by atoms with Gasteiger partial charge >= 0.3 is 0 Å². The van der Waals surface area contributed by atoms with Gasteiger partial charge in [-0.25, -0.2) is 0 Å². The van der Waals surface area contributed by atoms with Crippen molar-refractivity contribution in [2.24, 2.45) is 5.92 Å². The Bertz CT molecular complexity index is 966. The van der Waals surface area contributed by atoms with E-state index in [1.54, 1.807) is 23.1 Å². The molecule has 0 aromatic heterocycles. The van der Waals surface area contributed by atoms with Crippen molar-refractivity contribution in [1.29, 1.82) is 0 Å². The summed E-state index contributed by atoms with van der Waals surface area (Å²) in [7, 11) is 3.83. The molecule has 1 saturated heterocycles. The van der Waals surface area contributed by atoms with Crippen molar-refractivity contribution in [2.75, 3.05) is 33.8 Å². The molecule has 0 saturated carbocycles. The Balaban J connectivity index is 2.05. The molecule has 1 unspecified atom stereocenters. The van der Waals surface area contributed by atoms with Crippen molar-refractivity contribution >= 4 is 17.4 Å². The molecule has 6 nitrogen and oxygen atoms in total. The number of likely N-dealkylation sites (N-methyl/N-ethyl adjacent to an activating group) is 1. The molecule has 1 N–H and O–H groups in total. The van der Waals surface area contributed by atoms with Crippen LogP contribution in [0.15, 0.2) is 60.2 Å². The molecular weight excluding hydrogens is 392 g/mol. The lowest BCUT2D eigenvalue weighted by molar-refractivity contribution is -0.140. The number of aliphatic hydroxyl groups excluding tert-OH is 1. The van der Waals surface area contributed by atoms with E-state index < -0.39 is 17.7 Å². The maximum absolute atomic E-state index is 13.0. The molecule has 1 amide bonds. The van der Waals surface area contributed by atoms with Gasteiger partial charge in [0, 0.05) is 18.7 Å². The fraction of sp³-hybridized carbons (Fsp3) is 0.360.